The van der Waals surface area contributed by atoms with E-state index in [4.69, 9.17) is 5.11 Å². The van der Waals surface area contributed by atoms with Gasteiger partial charge in [0.25, 0.3) is 0 Å². The van der Waals surface area contributed by atoms with E-state index in [1.807, 2.05) is 18.0 Å². The molecule has 6 nitrogen and oxygen atoms in total. The quantitative estimate of drug-likeness (QED) is 0.599. The molecule has 0 radical (unpaired) electrons. The van der Waals surface area contributed by atoms with Crippen molar-refractivity contribution < 1.29 is 5.11 Å². The van der Waals surface area contributed by atoms with Gasteiger partial charge < -0.3 is 10.0 Å². The van der Waals surface area contributed by atoms with Crippen molar-refractivity contribution in [3.05, 3.63) is 37.2 Å². The smallest absolute Gasteiger partial charge is 0.226 e. The molecule has 0 amide bonds. The number of hydrogen-bond acceptors (Lipinski definition) is 6. The van der Waals surface area contributed by atoms with E-state index in [1.165, 1.54) is 30.3 Å². The van der Waals surface area contributed by atoms with E-state index in [-0.39, 0.29) is 6.61 Å². The molecule has 7 heteroatoms. The lowest BCUT2D eigenvalue weighted by Crippen LogP contribution is -2.21. The van der Waals surface area contributed by atoms with Crippen molar-refractivity contribution in [2.75, 3.05) is 25.1 Å². The Bertz CT molecular complexity index is 614. The summed E-state index contributed by atoms with van der Waals surface area (Å²) in [7, 11) is 1.93. The zero-order valence-corrected chi connectivity index (χ0v) is 14.2. The first-order valence-electron chi connectivity index (χ1n) is 7.64. The number of aliphatic hydroxyl groups excluding tert-OH is 1. The lowest BCUT2D eigenvalue weighted by molar-refractivity contribution is 0.290. The second-order valence-corrected chi connectivity index (χ2v) is 6.27. The maximum Gasteiger partial charge on any atom is 0.226 e. The third-order valence-corrected chi connectivity index (χ3v) is 4.27. The van der Waals surface area contributed by atoms with E-state index in [1.54, 1.807) is 6.20 Å². The molecule has 0 bridgehead atoms. The van der Waals surface area contributed by atoms with Crippen molar-refractivity contribution in [2.24, 2.45) is 0 Å². The van der Waals surface area contributed by atoms with Crippen molar-refractivity contribution in [3.8, 4) is 0 Å². The monoisotopic (exact) mass is 333 g/mol. The molecule has 124 valence electrons. The first kappa shape index (κ1) is 17.5. The van der Waals surface area contributed by atoms with E-state index in [0.717, 1.165) is 16.6 Å². The van der Waals surface area contributed by atoms with Crippen molar-refractivity contribution >= 4 is 17.7 Å². The van der Waals surface area contributed by atoms with Crippen LogP contribution >= 0.6 is 11.8 Å². The van der Waals surface area contributed by atoms with Crippen molar-refractivity contribution in [3.63, 3.8) is 0 Å². The third-order valence-electron chi connectivity index (χ3n) is 3.41. The Morgan fingerprint density at radius 2 is 2.17 bits per heavy atom. The number of rotatable bonds is 7. The molecule has 0 spiro atoms. The highest BCUT2D eigenvalue weighted by molar-refractivity contribution is 7.99. The van der Waals surface area contributed by atoms with Crippen molar-refractivity contribution in [1.29, 1.82) is 0 Å². The Balaban J connectivity index is 0.000000924. The number of H-pyrrole nitrogens is 1. The third kappa shape index (κ3) is 5.07. The highest BCUT2D eigenvalue weighted by Crippen LogP contribution is 2.40. The Hall–Kier alpha value is -1.86. The predicted molar refractivity (Wildman–Crippen MR) is 92.9 cm³/mol. The Labute approximate surface area is 141 Å². The van der Waals surface area contributed by atoms with Gasteiger partial charge >= 0.3 is 0 Å². The number of nitrogens with one attached hydrogen (secondary N) is 1. The predicted octanol–water partition coefficient (Wildman–Crippen LogP) is 2.85. The summed E-state index contributed by atoms with van der Waals surface area (Å²) in [6, 6.07) is 4.00. The summed E-state index contributed by atoms with van der Waals surface area (Å²) >= 11 is 1.54. The number of hydrogen-bond donors (Lipinski definition) is 2. The molecular formula is C16H23N5OS. The van der Waals surface area contributed by atoms with Gasteiger partial charge in [-0.25, -0.2) is 9.97 Å². The molecule has 0 saturated heterocycles. The molecule has 23 heavy (non-hydrogen) atoms. The van der Waals surface area contributed by atoms with Crippen LogP contribution in [-0.2, 0) is 0 Å². The highest BCUT2D eigenvalue weighted by Gasteiger charge is 2.25. The molecule has 2 heterocycles. The molecule has 0 atom stereocenters. The van der Waals surface area contributed by atoms with Gasteiger partial charge in [-0.1, -0.05) is 0 Å². The molecule has 1 aliphatic carbocycles. The van der Waals surface area contributed by atoms with E-state index in [2.05, 4.69) is 39.4 Å². The van der Waals surface area contributed by atoms with Gasteiger partial charge in [-0.15, -0.1) is 13.2 Å². The number of aromatic nitrogens is 4. The molecular weight excluding hydrogens is 310 g/mol. The summed E-state index contributed by atoms with van der Waals surface area (Å²) in [4.78, 5) is 10.7. The maximum atomic E-state index is 8.88. The topological polar surface area (TPSA) is 77.9 Å². The minimum Gasteiger partial charge on any atom is -0.396 e. The first-order chi connectivity index (χ1) is 11.3. The summed E-state index contributed by atoms with van der Waals surface area (Å²) in [5.74, 6) is 1.35. The van der Waals surface area contributed by atoms with Gasteiger partial charge in [0, 0.05) is 38.0 Å². The molecule has 2 aromatic rings. The Kier molecular flexibility index (Phi) is 6.61. The summed E-state index contributed by atoms with van der Waals surface area (Å²) < 4.78 is 0. The fraction of sp³-hybridized carbons (Fsp3) is 0.438. The van der Waals surface area contributed by atoms with Crippen LogP contribution in [0, 0.1) is 0 Å². The minimum absolute atomic E-state index is 0.177. The Morgan fingerprint density at radius 1 is 1.39 bits per heavy atom. The van der Waals surface area contributed by atoms with Gasteiger partial charge in [-0.3, -0.25) is 5.10 Å². The van der Waals surface area contributed by atoms with Gasteiger partial charge in [0.2, 0.25) is 5.95 Å². The lowest BCUT2D eigenvalue weighted by atomic mass is 10.3. The molecule has 2 N–H and O–H groups in total. The first-order valence-corrected chi connectivity index (χ1v) is 8.46. The Morgan fingerprint density at radius 3 is 2.87 bits per heavy atom. The summed E-state index contributed by atoms with van der Waals surface area (Å²) in [5, 5.41) is 18.1. The van der Waals surface area contributed by atoms with Crippen LogP contribution in [0.2, 0.25) is 0 Å². The van der Waals surface area contributed by atoms with Crippen LogP contribution < -0.4 is 4.90 Å². The van der Waals surface area contributed by atoms with Gasteiger partial charge in [0.1, 0.15) is 10.1 Å². The van der Waals surface area contributed by atoms with Crippen LogP contribution in [0.3, 0.4) is 0 Å². The van der Waals surface area contributed by atoms with Crippen molar-refractivity contribution in [2.45, 2.75) is 35.2 Å². The zero-order chi connectivity index (χ0) is 16.7. The summed E-state index contributed by atoms with van der Waals surface area (Å²) in [6.45, 7) is 6.91. The van der Waals surface area contributed by atoms with E-state index in [9.17, 15) is 0 Å². The normalized spacial score (nSPS) is 13.3. The van der Waals surface area contributed by atoms with E-state index < -0.39 is 0 Å². The number of nitrogens with zero attached hydrogens (tertiary/aromatic N) is 4. The fourth-order valence-electron chi connectivity index (χ4n) is 2.06. The molecule has 0 aliphatic heterocycles. The summed E-state index contributed by atoms with van der Waals surface area (Å²) in [5.41, 5.74) is 1.23. The molecule has 0 aromatic carbocycles. The van der Waals surface area contributed by atoms with Crippen LogP contribution in [-0.4, -0.2) is 45.5 Å². The molecule has 2 aromatic heterocycles. The van der Waals surface area contributed by atoms with Crippen LogP contribution in [0.4, 0.5) is 5.95 Å². The van der Waals surface area contributed by atoms with Crippen molar-refractivity contribution in [1.82, 2.24) is 20.2 Å². The van der Waals surface area contributed by atoms with Crippen LogP contribution in [0.15, 0.2) is 41.5 Å². The van der Waals surface area contributed by atoms with Gasteiger partial charge in [-0.2, -0.15) is 5.10 Å². The van der Waals surface area contributed by atoms with E-state index >= 15 is 0 Å². The average molecular weight is 333 g/mol. The highest BCUT2D eigenvalue weighted by atomic mass is 32.2. The second-order valence-electron chi connectivity index (χ2n) is 5.23. The SMILES string of the molecule is C=C.CN(CCCO)c1nccc(Sc2cc(C3CC3)[nH]n2)n1. The van der Waals surface area contributed by atoms with Gasteiger partial charge in [0.05, 0.1) is 0 Å². The molecule has 0 unspecified atom stereocenters. The van der Waals surface area contributed by atoms with Crippen LogP contribution in [0.5, 0.6) is 0 Å². The van der Waals surface area contributed by atoms with Crippen LogP contribution in [0.1, 0.15) is 30.9 Å². The zero-order valence-electron chi connectivity index (χ0n) is 13.4. The maximum absolute atomic E-state index is 8.88. The average Bonchev–Trinajstić information content (AvgIpc) is 3.35. The standard InChI is InChI=1S/C14H19N5OS.C2H4/c1-19(7-2-8-20)14-15-6-5-12(16-14)21-13-9-11(17-18-13)10-3-4-10;1-2/h5-6,9-10,20H,2-4,7-8H2,1H3,(H,17,18);1-2H2. The molecule has 1 fully saturated rings. The van der Waals surface area contributed by atoms with Crippen LogP contribution in [0.25, 0.3) is 0 Å². The minimum atomic E-state index is 0.177. The second kappa shape index (κ2) is 8.69. The molecule has 3 rings (SSSR count). The van der Waals surface area contributed by atoms with Gasteiger partial charge in [0.15, 0.2) is 0 Å². The lowest BCUT2D eigenvalue weighted by Gasteiger charge is -2.16. The fourth-order valence-corrected chi connectivity index (χ4v) is 2.81. The molecule has 1 saturated carbocycles. The largest absolute Gasteiger partial charge is 0.396 e. The summed E-state index contributed by atoms with van der Waals surface area (Å²) in [6.07, 6.45) is 5.00. The number of aliphatic hydroxyl groups is 1. The molecule has 1 aliphatic rings. The number of anilines is 1. The number of aromatic amines is 1. The van der Waals surface area contributed by atoms with Gasteiger partial charge in [-0.05, 0) is 43.2 Å². The van der Waals surface area contributed by atoms with E-state index in [0.29, 0.717) is 18.3 Å².